The molecule has 1 aliphatic heterocycles. The summed E-state index contributed by atoms with van der Waals surface area (Å²) in [5.74, 6) is -0.397. The van der Waals surface area contributed by atoms with Crippen LogP contribution in [0.1, 0.15) is 28.8 Å². The molecule has 0 aromatic heterocycles. The Morgan fingerprint density at radius 3 is 2.69 bits per heavy atom. The number of aryl methyl sites for hydroxylation is 1. The van der Waals surface area contributed by atoms with Gasteiger partial charge in [-0.3, -0.25) is 9.59 Å². The van der Waals surface area contributed by atoms with Gasteiger partial charge in [-0.25, -0.2) is 0 Å². The number of ketones is 1. The largest absolute Gasteiger partial charge is 0.492 e. The van der Waals surface area contributed by atoms with Crippen molar-refractivity contribution in [3.63, 3.8) is 0 Å². The zero-order valence-corrected chi connectivity index (χ0v) is 17.1. The third-order valence-corrected chi connectivity index (χ3v) is 5.52. The van der Waals surface area contributed by atoms with Gasteiger partial charge in [0, 0.05) is 11.0 Å². The molecule has 136 valence electrons. The molecule has 3 rings (SSSR count). The number of carbonyl (C=O) groups is 2. The minimum absolute atomic E-state index is 0.391. The van der Waals surface area contributed by atoms with Crippen LogP contribution in [-0.4, -0.2) is 24.8 Å². The van der Waals surface area contributed by atoms with Crippen LogP contribution in [0.4, 0.5) is 5.69 Å². The van der Waals surface area contributed by atoms with Crippen molar-refractivity contribution in [2.75, 3.05) is 18.1 Å². The van der Waals surface area contributed by atoms with Crippen molar-refractivity contribution in [3.8, 4) is 5.75 Å². The summed E-state index contributed by atoms with van der Waals surface area (Å²) in [6.45, 7) is 2.79. The molecule has 0 saturated heterocycles. The summed E-state index contributed by atoms with van der Waals surface area (Å²) in [7, 11) is 0. The van der Waals surface area contributed by atoms with Crippen LogP contribution in [0, 0.1) is 6.92 Å². The number of nitrogens with zero attached hydrogens (tertiary/aromatic N) is 1. The molecule has 0 radical (unpaired) electrons. The molecule has 1 amide bonds. The third kappa shape index (κ3) is 3.75. The molecule has 1 heterocycles. The van der Waals surface area contributed by atoms with Crippen LogP contribution in [0.5, 0.6) is 5.75 Å². The van der Waals surface area contributed by atoms with Crippen LogP contribution in [0.3, 0.4) is 0 Å². The first-order chi connectivity index (χ1) is 12.4. The molecule has 2 aromatic rings. The van der Waals surface area contributed by atoms with Crippen LogP contribution in [0.15, 0.2) is 34.8 Å². The molecule has 26 heavy (non-hydrogen) atoms. The number of amides is 1. The van der Waals surface area contributed by atoms with E-state index in [2.05, 4.69) is 15.9 Å². The normalized spacial score (nSPS) is 13.3. The molecule has 0 atom stereocenters. The van der Waals surface area contributed by atoms with Gasteiger partial charge in [-0.1, -0.05) is 29.3 Å². The first-order valence-electron chi connectivity index (χ1n) is 8.13. The molecule has 0 saturated carbocycles. The fourth-order valence-corrected chi connectivity index (χ4v) is 4.02. The first kappa shape index (κ1) is 19.2. The Hall–Kier alpha value is -1.56. The van der Waals surface area contributed by atoms with E-state index in [0.717, 1.165) is 10.0 Å². The summed E-state index contributed by atoms with van der Waals surface area (Å²) in [4.78, 5) is 26.0. The lowest BCUT2D eigenvalue weighted by Crippen LogP contribution is -2.31. The maximum atomic E-state index is 12.3. The topological polar surface area (TPSA) is 46.6 Å². The monoisotopic (exact) mass is 455 g/mol. The predicted molar refractivity (Wildman–Crippen MR) is 107 cm³/mol. The Morgan fingerprint density at radius 2 is 1.92 bits per heavy atom. The minimum atomic E-state index is -0.481. The SMILES string of the molecule is Cc1cc(Br)c2c(c1)C(=O)C(=O)N2CCCCOc1cccc(Cl)c1Cl. The molecular weight excluding hydrogens is 441 g/mol. The number of Topliss-reactive ketones (excluding diaryl/α,β-unsaturated/α-hetero) is 1. The highest BCUT2D eigenvalue weighted by atomic mass is 79.9. The molecule has 0 aliphatic carbocycles. The van der Waals surface area contributed by atoms with E-state index in [1.807, 2.05) is 13.0 Å². The van der Waals surface area contributed by atoms with E-state index in [1.54, 1.807) is 24.3 Å². The minimum Gasteiger partial charge on any atom is -0.492 e. The van der Waals surface area contributed by atoms with Crippen molar-refractivity contribution in [3.05, 3.63) is 56.0 Å². The van der Waals surface area contributed by atoms with Gasteiger partial charge in [0.2, 0.25) is 0 Å². The van der Waals surface area contributed by atoms with Gasteiger partial charge >= 0.3 is 0 Å². The van der Waals surface area contributed by atoms with E-state index in [-0.39, 0.29) is 0 Å². The molecule has 0 unspecified atom stereocenters. The van der Waals surface area contributed by atoms with Crippen LogP contribution in [0.25, 0.3) is 0 Å². The average Bonchev–Trinajstić information content (AvgIpc) is 2.83. The number of unbranched alkanes of at least 4 members (excludes halogenated alkanes) is 1. The standard InChI is InChI=1S/C19H16BrCl2NO3/c1-11-9-12-17(13(20)10-11)23(19(25)18(12)24)7-2-3-8-26-15-6-4-5-14(21)16(15)22/h4-6,9-10H,2-3,7-8H2,1H3. The molecule has 0 N–H and O–H groups in total. The summed E-state index contributed by atoms with van der Waals surface area (Å²) in [5, 5.41) is 0.838. The van der Waals surface area contributed by atoms with Gasteiger partial charge in [-0.05, 0) is 65.5 Å². The maximum absolute atomic E-state index is 12.3. The van der Waals surface area contributed by atoms with Crippen molar-refractivity contribution < 1.29 is 14.3 Å². The van der Waals surface area contributed by atoms with E-state index in [0.29, 0.717) is 53.0 Å². The highest BCUT2D eigenvalue weighted by Crippen LogP contribution is 2.37. The summed E-state index contributed by atoms with van der Waals surface area (Å²) < 4.78 is 6.40. The molecule has 0 spiro atoms. The lowest BCUT2D eigenvalue weighted by Gasteiger charge is -2.18. The number of ether oxygens (including phenoxy) is 1. The van der Waals surface area contributed by atoms with Gasteiger partial charge in [0.15, 0.2) is 0 Å². The number of halogens is 3. The van der Waals surface area contributed by atoms with Crippen LogP contribution in [0.2, 0.25) is 10.0 Å². The zero-order valence-electron chi connectivity index (χ0n) is 14.0. The Bertz CT molecular complexity index is 885. The fourth-order valence-electron chi connectivity index (χ4n) is 2.88. The number of hydrogen-bond donors (Lipinski definition) is 0. The van der Waals surface area contributed by atoms with Crippen molar-refractivity contribution in [1.29, 1.82) is 0 Å². The highest BCUT2D eigenvalue weighted by Gasteiger charge is 2.37. The van der Waals surface area contributed by atoms with Gasteiger partial charge in [-0.2, -0.15) is 0 Å². The van der Waals surface area contributed by atoms with Crippen LogP contribution in [-0.2, 0) is 4.79 Å². The van der Waals surface area contributed by atoms with E-state index in [4.69, 9.17) is 27.9 Å². The number of rotatable bonds is 6. The molecule has 2 aromatic carbocycles. The van der Waals surface area contributed by atoms with Crippen LogP contribution >= 0.6 is 39.1 Å². The van der Waals surface area contributed by atoms with E-state index < -0.39 is 11.7 Å². The lowest BCUT2D eigenvalue weighted by molar-refractivity contribution is -0.114. The van der Waals surface area contributed by atoms with Gasteiger partial charge in [-0.15, -0.1) is 0 Å². The van der Waals surface area contributed by atoms with Gasteiger partial charge < -0.3 is 9.64 Å². The van der Waals surface area contributed by atoms with E-state index in [9.17, 15) is 9.59 Å². The summed E-state index contributed by atoms with van der Waals surface area (Å²) >= 11 is 15.5. The Labute approximate surface area is 170 Å². The van der Waals surface area contributed by atoms with Crippen molar-refractivity contribution in [2.24, 2.45) is 0 Å². The quantitative estimate of drug-likeness (QED) is 0.428. The summed E-state index contributed by atoms with van der Waals surface area (Å²) in [5.41, 5.74) is 2.05. The maximum Gasteiger partial charge on any atom is 0.299 e. The van der Waals surface area contributed by atoms with Crippen molar-refractivity contribution in [1.82, 2.24) is 0 Å². The number of benzene rings is 2. The number of anilines is 1. The molecule has 4 nitrogen and oxygen atoms in total. The van der Waals surface area contributed by atoms with Crippen molar-refractivity contribution in [2.45, 2.75) is 19.8 Å². The van der Waals surface area contributed by atoms with Gasteiger partial charge in [0.25, 0.3) is 11.7 Å². The fraction of sp³-hybridized carbons (Fsp3) is 0.263. The van der Waals surface area contributed by atoms with E-state index in [1.165, 1.54) is 4.90 Å². The van der Waals surface area contributed by atoms with Crippen molar-refractivity contribution >= 4 is 56.5 Å². The second-order valence-electron chi connectivity index (χ2n) is 6.04. The van der Waals surface area contributed by atoms with E-state index >= 15 is 0 Å². The number of hydrogen-bond acceptors (Lipinski definition) is 3. The van der Waals surface area contributed by atoms with Crippen LogP contribution < -0.4 is 9.64 Å². The smallest absolute Gasteiger partial charge is 0.299 e. The Morgan fingerprint density at radius 1 is 1.15 bits per heavy atom. The second kappa shape index (κ2) is 7.99. The molecule has 0 bridgehead atoms. The molecule has 7 heteroatoms. The summed E-state index contributed by atoms with van der Waals surface area (Å²) in [6.07, 6.45) is 1.40. The molecule has 0 fully saturated rings. The molecular formula is C19H16BrCl2NO3. The number of fused-ring (bicyclic) bond motifs is 1. The third-order valence-electron chi connectivity index (χ3n) is 4.11. The predicted octanol–water partition coefficient (Wildman–Crippen LogP) is 5.45. The Kier molecular flexibility index (Phi) is 5.90. The first-order valence-corrected chi connectivity index (χ1v) is 9.68. The second-order valence-corrected chi connectivity index (χ2v) is 7.68. The van der Waals surface area contributed by atoms with Gasteiger partial charge in [0.05, 0.1) is 22.9 Å². The average molecular weight is 457 g/mol. The lowest BCUT2D eigenvalue weighted by atomic mass is 10.1. The highest BCUT2D eigenvalue weighted by molar-refractivity contribution is 9.10. The number of carbonyl (C=O) groups excluding carboxylic acids is 2. The Balaban J connectivity index is 1.59. The summed E-state index contributed by atoms with van der Waals surface area (Å²) in [6, 6.07) is 8.89. The molecule has 1 aliphatic rings. The zero-order chi connectivity index (χ0) is 18.8. The van der Waals surface area contributed by atoms with Gasteiger partial charge in [0.1, 0.15) is 10.8 Å².